The number of nitriles is 5. The number of hydrogen-bond acceptors (Lipinski definition) is 6. The Balaban J connectivity index is 6.10. The lowest BCUT2D eigenvalue weighted by Gasteiger charge is -2.02. The zero-order chi connectivity index (χ0) is 13.3. The number of allylic oxidation sites excluding steroid dienone is 4. The molecule has 0 bridgehead atoms. The van der Waals surface area contributed by atoms with E-state index in [-0.39, 0.29) is 12.4 Å². The Morgan fingerprint density at radius 3 is 1.65 bits per heavy atom. The van der Waals surface area contributed by atoms with Gasteiger partial charge in [0.1, 0.15) is 47.1 Å². The maximum atomic E-state index is 8.85. The van der Waals surface area contributed by atoms with Crippen molar-refractivity contribution >= 4 is 0 Å². The second-order valence-corrected chi connectivity index (χ2v) is 2.45. The van der Waals surface area contributed by atoms with Gasteiger partial charge in [-0.1, -0.05) is 0 Å². The van der Waals surface area contributed by atoms with E-state index < -0.39 is 16.7 Å². The Morgan fingerprint density at radius 1 is 0.824 bits per heavy atom. The first kappa shape index (κ1) is 13.7. The van der Waals surface area contributed by atoms with Crippen molar-refractivity contribution in [2.24, 2.45) is 0 Å². The maximum Gasteiger partial charge on any atom is 0.216 e. The van der Waals surface area contributed by atoms with Gasteiger partial charge in [0, 0.05) is 0 Å². The van der Waals surface area contributed by atoms with Crippen LogP contribution in [0.4, 0.5) is 0 Å². The van der Waals surface area contributed by atoms with E-state index in [0.717, 1.165) is 0 Å². The van der Waals surface area contributed by atoms with Gasteiger partial charge in [0.25, 0.3) is 0 Å². The summed E-state index contributed by atoms with van der Waals surface area (Å²) in [5.74, 6) is -0.380. The van der Waals surface area contributed by atoms with Crippen LogP contribution in [-0.2, 0) is 4.74 Å². The van der Waals surface area contributed by atoms with Gasteiger partial charge in [0.2, 0.25) is 5.76 Å². The molecule has 0 aromatic carbocycles. The van der Waals surface area contributed by atoms with Crippen LogP contribution in [0.2, 0.25) is 0 Å². The molecule has 0 aliphatic heterocycles. The standard InChI is InChI=1S/C11H5N5O/c1-2-17-11(7-16)10(6-15)9(5-14)8(3-12)4-13/h2H2,1H3. The van der Waals surface area contributed by atoms with E-state index in [1.807, 2.05) is 0 Å². The van der Waals surface area contributed by atoms with Crippen LogP contribution in [0.1, 0.15) is 6.92 Å². The fraction of sp³-hybridized carbons (Fsp3) is 0.182. The lowest BCUT2D eigenvalue weighted by atomic mass is 10.0. The second kappa shape index (κ2) is 7.08. The fourth-order valence-corrected chi connectivity index (χ4v) is 0.898. The highest BCUT2D eigenvalue weighted by molar-refractivity contribution is 5.62. The highest BCUT2D eigenvalue weighted by atomic mass is 16.5. The van der Waals surface area contributed by atoms with E-state index in [1.54, 1.807) is 25.1 Å². The summed E-state index contributed by atoms with van der Waals surface area (Å²) in [6.45, 7) is 1.72. The minimum atomic E-state index is -0.531. The topological polar surface area (TPSA) is 128 Å². The molecule has 0 radical (unpaired) electrons. The van der Waals surface area contributed by atoms with E-state index in [1.165, 1.54) is 12.1 Å². The average molecular weight is 223 g/mol. The van der Waals surface area contributed by atoms with Crippen molar-refractivity contribution in [2.75, 3.05) is 6.61 Å². The summed E-state index contributed by atoms with van der Waals surface area (Å²) >= 11 is 0. The van der Waals surface area contributed by atoms with Crippen LogP contribution in [-0.4, -0.2) is 6.61 Å². The molecule has 0 atom stereocenters. The van der Waals surface area contributed by atoms with Crippen molar-refractivity contribution in [3.05, 3.63) is 22.5 Å². The quantitative estimate of drug-likeness (QED) is 0.401. The number of ether oxygens (including phenoxy) is 1. The summed E-state index contributed by atoms with van der Waals surface area (Å²) in [4.78, 5) is 0. The molecular weight excluding hydrogens is 218 g/mol. The molecule has 0 rings (SSSR count). The van der Waals surface area contributed by atoms with Gasteiger partial charge in [-0.05, 0) is 6.92 Å². The monoisotopic (exact) mass is 223 g/mol. The fourth-order valence-electron chi connectivity index (χ4n) is 0.898. The molecule has 0 saturated carbocycles. The second-order valence-electron chi connectivity index (χ2n) is 2.45. The largest absolute Gasteiger partial charge is 0.483 e. The molecule has 6 nitrogen and oxygen atoms in total. The number of nitrogens with zero attached hydrogens (tertiary/aromatic N) is 5. The van der Waals surface area contributed by atoms with Crippen LogP contribution in [0.25, 0.3) is 0 Å². The molecule has 80 valence electrons. The van der Waals surface area contributed by atoms with Crippen LogP contribution in [0.3, 0.4) is 0 Å². The molecule has 0 aliphatic rings. The van der Waals surface area contributed by atoms with Crippen LogP contribution in [0.5, 0.6) is 0 Å². The molecule has 0 unspecified atom stereocenters. The molecule has 0 N–H and O–H groups in total. The van der Waals surface area contributed by atoms with Crippen molar-refractivity contribution in [3.8, 4) is 30.3 Å². The summed E-state index contributed by atoms with van der Waals surface area (Å²) in [7, 11) is 0. The Hall–Kier alpha value is -3.27. The van der Waals surface area contributed by atoms with Crippen molar-refractivity contribution in [1.82, 2.24) is 0 Å². The van der Waals surface area contributed by atoms with Crippen LogP contribution >= 0.6 is 0 Å². The van der Waals surface area contributed by atoms with Gasteiger partial charge in [-0.15, -0.1) is 0 Å². The predicted octanol–water partition coefficient (Wildman–Crippen LogP) is 1.19. The Bertz CT molecular complexity index is 562. The Labute approximate surface area is 98.1 Å². The number of rotatable bonds is 3. The first-order valence-corrected chi connectivity index (χ1v) is 4.32. The summed E-state index contributed by atoms with van der Waals surface area (Å²) in [6, 6.07) is 7.71. The minimum absolute atomic E-state index is 0.126. The molecule has 0 fully saturated rings. The molecule has 0 saturated heterocycles. The van der Waals surface area contributed by atoms with Crippen molar-refractivity contribution in [1.29, 1.82) is 26.3 Å². The molecule has 0 aliphatic carbocycles. The van der Waals surface area contributed by atoms with Gasteiger partial charge in [-0.3, -0.25) is 0 Å². The first-order chi connectivity index (χ1) is 8.19. The van der Waals surface area contributed by atoms with E-state index in [9.17, 15) is 0 Å². The third kappa shape index (κ3) is 3.10. The first-order valence-electron chi connectivity index (χ1n) is 4.32. The van der Waals surface area contributed by atoms with Gasteiger partial charge in [0.15, 0.2) is 0 Å². The molecular formula is C11H5N5O. The van der Waals surface area contributed by atoms with E-state index in [4.69, 9.17) is 31.0 Å². The third-order valence-electron chi connectivity index (χ3n) is 1.56. The summed E-state index contributed by atoms with van der Waals surface area (Å²) in [5, 5.41) is 43.7. The van der Waals surface area contributed by atoms with Crippen molar-refractivity contribution < 1.29 is 4.74 Å². The molecule has 0 aromatic heterocycles. The third-order valence-corrected chi connectivity index (χ3v) is 1.56. The Kier molecular flexibility index (Phi) is 5.72. The van der Waals surface area contributed by atoms with Gasteiger partial charge >= 0.3 is 0 Å². The molecule has 0 aromatic rings. The van der Waals surface area contributed by atoms with Crippen molar-refractivity contribution in [2.45, 2.75) is 6.92 Å². The lowest BCUT2D eigenvalue weighted by Crippen LogP contribution is -1.98. The molecule has 6 heteroatoms. The molecule has 0 amide bonds. The Morgan fingerprint density at radius 2 is 1.35 bits per heavy atom. The zero-order valence-corrected chi connectivity index (χ0v) is 8.85. The molecule has 0 heterocycles. The van der Waals surface area contributed by atoms with E-state index in [0.29, 0.717) is 0 Å². The zero-order valence-electron chi connectivity index (χ0n) is 8.85. The van der Waals surface area contributed by atoms with E-state index >= 15 is 0 Å². The minimum Gasteiger partial charge on any atom is -0.483 e. The van der Waals surface area contributed by atoms with Gasteiger partial charge < -0.3 is 4.74 Å². The maximum absolute atomic E-state index is 8.85. The highest BCUT2D eigenvalue weighted by Crippen LogP contribution is 2.18. The normalized spacial score (nSPS) is 9.18. The van der Waals surface area contributed by atoms with Crippen LogP contribution in [0, 0.1) is 56.7 Å². The summed E-state index contributed by atoms with van der Waals surface area (Å²) in [6.07, 6.45) is 0. The summed E-state index contributed by atoms with van der Waals surface area (Å²) < 4.78 is 4.86. The summed E-state index contributed by atoms with van der Waals surface area (Å²) in [5.41, 5.74) is -1.39. The number of hydrogen-bond donors (Lipinski definition) is 0. The van der Waals surface area contributed by atoms with Gasteiger partial charge in [-0.2, -0.15) is 26.3 Å². The predicted molar refractivity (Wildman–Crippen MR) is 53.7 cm³/mol. The highest BCUT2D eigenvalue weighted by Gasteiger charge is 2.17. The van der Waals surface area contributed by atoms with Crippen LogP contribution < -0.4 is 0 Å². The lowest BCUT2D eigenvalue weighted by molar-refractivity contribution is 0.243. The van der Waals surface area contributed by atoms with Gasteiger partial charge in [0.05, 0.1) is 6.61 Å². The average Bonchev–Trinajstić information content (AvgIpc) is 2.37. The van der Waals surface area contributed by atoms with Crippen LogP contribution in [0.15, 0.2) is 22.5 Å². The molecule has 17 heavy (non-hydrogen) atoms. The van der Waals surface area contributed by atoms with Gasteiger partial charge in [-0.25, -0.2) is 0 Å². The smallest absolute Gasteiger partial charge is 0.216 e. The molecule has 0 spiro atoms. The van der Waals surface area contributed by atoms with Crippen molar-refractivity contribution in [3.63, 3.8) is 0 Å². The SMILES string of the molecule is CCOC(C#N)=C(C#N)C(C#N)=C(C#N)C#N. The van der Waals surface area contributed by atoms with E-state index in [2.05, 4.69) is 0 Å².